The summed E-state index contributed by atoms with van der Waals surface area (Å²) in [7, 11) is 0. The second-order valence-corrected chi connectivity index (χ2v) is 8.40. The van der Waals surface area contributed by atoms with E-state index in [-0.39, 0.29) is 6.04 Å². The maximum absolute atomic E-state index is 4.42. The Kier molecular flexibility index (Phi) is 4.96. The van der Waals surface area contributed by atoms with Gasteiger partial charge in [-0.1, -0.05) is 35.9 Å². The molecular weight excluding hydrogens is 366 g/mol. The maximum atomic E-state index is 4.42. The van der Waals surface area contributed by atoms with Crippen LogP contribution in [0.1, 0.15) is 38.3 Å². The fraction of sp³-hybridized carbons (Fsp3) is 0.227. The van der Waals surface area contributed by atoms with Crippen LogP contribution in [0.3, 0.4) is 0 Å². The van der Waals surface area contributed by atoms with Crippen LogP contribution in [0.15, 0.2) is 54.6 Å². The second kappa shape index (κ2) is 7.56. The molecule has 28 heavy (non-hydrogen) atoms. The summed E-state index contributed by atoms with van der Waals surface area (Å²) in [4.78, 5) is 2.44. The summed E-state index contributed by atoms with van der Waals surface area (Å²) in [6, 6.07) is 18.8. The highest BCUT2D eigenvalue weighted by Crippen LogP contribution is 2.32. The van der Waals surface area contributed by atoms with Crippen molar-refractivity contribution in [3.8, 4) is 5.69 Å². The van der Waals surface area contributed by atoms with Gasteiger partial charge in [0.15, 0.2) is 5.82 Å². The van der Waals surface area contributed by atoms with E-state index < -0.39 is 0 Å². The van der Waals surface area contributed by atoms with Crippen molar-refractivity contribution in [1.29, 1.82) is 0 Å². The lowest BCUT2D eigenvalue weighted by Gasteiger charge is -2.20. The Balaban J connectivity index is 1.82. The molecule has 0 aliphatic carbocycles. The van der Waals surface area contributed by atoms with Gasteiger partial charge in [-0.05, 0) is 73.5 Å². The minimum absolute atomic E-state index is 0.143. The number of benzene rings is 2. The van der Waals surface area contributed by atoms with Crippen molar-refractivity contribution in [2.75, 3.05) is 5.32 Å². The van der Waals surface area contributed by atoms with Crippen LogP contribution in [0.4, 0.5) is 5.69 Å². The number of nitrogens with one attached hydrogen (secondary N) is 1. The Bertz CT molecular complexity index is 1070. The molecule has 6 heteroatoms. The van der Waals surface area contributed by atoms with E-state index in [1.54, 1.807) is 11.3 Å². The summed E-state index contributed by atoms with van der Waals surface area (Å²) in [6.45, 7) is 8.38. The van der Waals surface area contributed by atoms with E-state index in [2.05, 4.69) is 103 Å². The Morgan fingerprint density at radius 1 is 0.893 bits per heavy atom. The smallest absolute Gasteiger partial charge is 0.184 e. The van der Waals surface area contributed by atoms with Crippen LogP contribution < -0.4 is 5.32 Å². The molecule has 1 atom stereocenters. The van der Waals surface area contributed by atoms with Gasteiger partial charge in [0.1, 0.15) is 6.04 Å². The first-order valence-corrected chi connectivity index (χ1v) is 10.1. The molecule has 0 radical (unpaired) electrons. The molecule has 5 nitrogen and oxygen atoms in total. The predicted octanol–water partition coefficient (Wildman–Crippen LogP) is 5.16. The number of tetrazole rings is 1. The molecule has 4 aromatic rings. The van der Waals surface area contributed by atoms with Gasteiger partial charge in [0.05, 0.1) is 5.69 Å². The lowest BCUT2D eigenvalue weighted by molar-refractivity contribution is 0.736. The van der Waals surface area contributed by atoms with Crippen LogP contribution in [0.2, 0.25) is 0 Å². The molecule has 2 heterocycles. The standard InChI is InChI=1S/C22H23N5S/c1-14-8-11-18(12-9-14)23-20(19-13-10-17(4)28-19)22-24-25-26-27(22)21-15(2)6-5-7-16(21)3/h5-13,20,23H,1-4H3/t20-/m0/s1. The Morgan fingerprint density at radius 2 is 1.61 bits per heavy atom. The van der Waals surface area contributed by atoms with Crippen molar-refractivity contribution in [3.05, 3.63) is 86.9 Å². The van der Waals surface area contributed by atoms with E-state index in [4.69, 9.17) is 0 Å². The molecule has 1 N–H and O–H groups in total. The minimum atomic E-state index is -0.143. The van der Waals surface area contributed by atoms with E-state index in [0.717, 1.165) is 28.3 Å². The lowest BCUT2D eigenvalue weighted by atomic mass is 10.1. The van der Waals surface area contributed by atoms with Crippen LogP contribution >= 0.6 is 11.3 Å². The van der Waals surface area contributed by atoms with Crippen molar-refractivity contribution in [2.45, 2.75) is 33.7 Å². The number of thiophene rings is 1. The summed E-state index contributed by atoms with van der Waals surface area (Å²) in [5.74, 6) is 0.778. The molecule has 142 valence electrons. The number of rotatable bonds is 5. The average molecular weight is 390 g/mol. The van der Waals surface area contributed by atoms with Crippen LogP contribution in [-0.4, -0.2) is 20.2 Å². The molecule has 0 aliphatic heterocycles. The molecule has 0 amide bonds. The fourth-order valence-electron chi connectivity index (χ4n) is 3.36. The van der Waals surface area contributed by atoms with Crippen molar-refractivity contribution in [1.82, 2.24) is 20.2 Å². The van der Waals surface area contributed by atoms with Gasteiger partial charge in [0.2, 0.25) is 0 Å². The molecule has 0 aliphatic rings. The maximum Gasteiger partial charge on any atom is 0.184 e. The van der Waals surface area contributed by atoms with Gasteiger partial charge in [-0.15, -0.1) is 16.4 Å². The highest BCUT2D eigenvalue weighted by Gasteiger charge is 2.24. The Labute approximate surface area is 169 Å². The zero-order chi connectivity index (χ0) is 19.7. The van der Waals surface area contributed by atoms with Crippen molar-refractivity contribution in [2.24, 2.45) is 0 Å². The fourth-order valence-corrected chi connectivity index (χ4v) is 4.29. The monoisotopic (exact) mass is 389 g/mol. The second-order valence-electron chi connectivity index (χ2n) is 7.08. The van der Waals surface area contributed by atoms with E-state index in [1.165, 1.54) is 15.3 Å². The highest BCUT2D eigenvalue weighted by molar-refractivity contribution is 7.12. The summed E-state index contributed by atoms with van der Waals surface area (Å²) in [5.41, 5.74) is 5.59. The van der Waals surface area contributed by atoms with Gasteiger partial charge in [0, 0.05) is 15.4 Å². The average Bonchev–Trinajstić information content (AvgIpc) is 3.31. The molecule has 0 unspecified atom stereocenters. The minimum Gasteiger partial charge on any atom is -0.371 e. The highest BCUT2D eigenvalue weighted by atomic mass is 32.1. The molecule has 0 saturated heterocycles. The van der Waals surface area contributed by atoms with E-state index >= 15 is 0 Å². The summed E-state index contributed by atoms with van der Waals surface area (Å²) in [6.07, 6.45) is 0. The van der Waals surface area contributed by atoms with E-state index in [9.17, 15) is 0 Å². The zero-order valence-electron chi connectivity index (χ0n) is 16.5. The third kappa shape index (κ3) is 3.55. The summed E-state index contributed by atoms with van der Waals surface area (Å²) >= 11 is 1.76. The number of anilines is 1. The van der Waals surface area contributed by atoms with Gasteiger partial charge in [-0.2, -0.15) is 4.68 Å². The number of hydrogen-bond donors (Lipinski definition) is 1. The molecule has 0 bridgehead atoms. The van der Waals surface area contributed by atoms with Gasteiger partial charge >= 0.3 is 0 Å². The number of hydrogen-bond acceptors (Lipinski definition) is 5. The van der Waals surface area contributed by atoms with Gasteiger partial charge in [-0.3, -0.25) is 0 Å². The van der Waals surface area contributed by atoms with Gasteiger partial charge in [-0.25, -0.2) is 0 Å². The number of aryl methyl sites for hydroxylation is 4. The first-order valence-electron chi connectivity index (χ1n) is 9.27. The predicted molar refractivity (Wildman–Crippen MR) is 114 cm³/mol. The van der Waals surface area contributed by atoms with Crippen LogP contribution in [0.5, 0.6) is 0 Å². The third-order valence-corrected chi connectivity index (χ3v) is 5.88. The molecule has 0 saturated carbocycles. The number of nitrogens with zero attached hydrogens (tertiary/aromatic N) is 4. The van der Waals surface area contributed by atoms with Crippen LogP contribution in [0.25, 0.3) is 5.69 Å². The van der Waals surface area contributed by atoms with Crippen molar-refractivity contribution in [3.63, 3.8) is 0 Å². The third-order valence-electron chi connectivity index (χ3n) is 4.81. The number of para-hydroxylation sites is 1. The first-order chi connectivity index (χ1) is 13.5. The van der Waals surface area contributed by atoms with E-state index in [0.29, 0.717) is 0 Å². The topological polar surface area (TPSA) is 55.6 Å². The number of aromatic nitrogens is 4. The van der Waals surface area contributed by atoms with Crippen molar-refractivity contribution >= 4 is 17.0 Å². The molecular formula is C22H23N5S. The Hall–Kier alpha value is -2.99. The largest absolute Gasteiger partial charge is 0.371 e. The van der Waals surface area contributed by atoms with Crippen LogP contribution in [0, 0.1) is 27.7 Å². The summed E-state index contributed by atoms with van der Waals surface area (Å²) < 4.78 is 1.87. The normalized spacial score (nSPS) is 12.1. The Morgan fingerprint density at radius 3 is 2.25 bits per heavy atom. The van der Waals surface area contributed by atoms with Gasteiger partial charge in [0.25, 0.3) is 0 Å². The van der Waals surface area contributed by atoms with Gasteiger partial charge < -0.3 is 5.32 Å². The first kappa shape index (κ1) is 18.4. The molecule has 4 rings (SSSR count). The molecule has 2 aromatic carbocycles. The van der Waals surface area contributed by atoms with E-state index in [1.807, 2.05) is 4.68 Å². The zero-order valence-corrected chi connectivity index (χ0v) is 17.3. The SMILES string of the molecule is Cc1ccc(N[C@@H](c2ccc(C)s2)c2nnnn2-c2c(C)cccc2C)cc1. The summed E-state index contributed by atoms with van der Waals surface area (Å²) in [5, 5.41) is 16.4. The molecule has 0 fully saturated rings. The lowest BCUT2D eigenvalue weighted by Crippen LogP contribution is -2.18. The molecule has 0 spiro atoms. The van der Waals surface area contributed by atoms with Crippen molar-refractivity contribution < 1.29 is 0 Å². The quantitative estimate of drug-likeness (QED) is 0.512. The molecule has 2 aromatic heterocycles. The van der Waals surface area contributed by atoms with Crippen LogP contribution in [-0.2, 0) is 0 Å².